The Morgan fingerprint density at radius 3 is 2.87 bits per heavy atom. The zero-order valence-electron chi connectivity index (χ0n) is 13.2. The molecule has 0 saturated carbocycles. The third-order valence-corrected chi connectivity index (χ3v) is 4.81. The fraction of sp³-hybridized carbons (Fsp3) is 0.412. The van der Waals surface area contributed by atoms with Crippen molar-refractivity contribution in [3.8, 4) is 10.6 Å². The molecule has 0 aliphatic carbocycles. The first-order valence-electron chi connectivity index (χ1n) is 7.79. The van der Waals surface area contributed by atoms with E-state index in [0.29, 0.717) is 26.3 Å². The van der Waals surface area contributed by atoms with Crippen molar-refractivity contribution in [1.29, 1.82) is 0 Å². The number of thiazole rings is 1. The van der Waals surface area contributed by atoms with Crippen molar-refractivity contribution < 1.29 is 9.53 Å². The van der Waals surface area contributed by atoms with E-state index in [-0.39, 0.29) is 5.91 Å². The topological polar surface area (TPSA) is 54.5 Å². The first-order valence-corrected chi connectivity index (χ1v) is 8.67. The molecule has 3 rings (SSSR count). The van der Waals surface area contributed by atoms with Crippen LogP contribution in [0.2, 0.25) is 0 Å². The molecular weight excluding hydrogens is 310 g/mol. The van der Waals surface area contributed by atoms with Crippen LogP contribution in [0, 0.1) is 6.92 Å². The third kappa shape index (κ3) is 4.37. The molecule has 0 bridgehead atoms. The van der Waals surface area contributed by atoms with E-state index in [1.807, 2.05) is 30.5 Å². The zero-order chi connectivity index (χ0) is 16.1. The van der Waals surface area contributed by atoms with E-state index >= 15 is 0 Å². The van der Waals surface area contributed by atoms with Crippen LogP contribution in [0.3, 0.4) is 0 Å². The number of carbonyl (C=O) groups is 1. The van der Waals surface area contributed by atoms with Gasteiger partial charge in [0.25, 0.3) is 0 Å². The lowest BCUT2D eigenvalue weighted by Gasteiger charge is -2.25. The van der Waals surface area contributed by atoms with Gasteiger partial charge in [-0.15, -0.1) is 11.3 Å². The van der Waals surface area contributed by atoms with Crippen LogP contribution in [0.5, 0.6) is 0 Å². The first-order chi connectivity index (χ1) is 11.2. The van der Waals surface area contributed by atoms with Gasteiger partial charge in [-0.25, -0.2) is 4.98 Å². The predicted octanol–water partition coefficient (Wildman–Crippen LogP) is 2.07. The van der Waals surface area contributed by atoms with Gasteiger partial charge in [-0.05, 0) is 12.5 Å². The molecule has 0 radical (unpaired) electrons. The van der Waals surface area contributed by atoms with Crippen LogP contribution in [-0.4, -0.2) is 48.6 Å². The normalized spacial score (nSPS) is 15.5. The van der Waals surface area contributed by atoms with Crippen LogP contribution in [0.15, 0.2) is 29.6 Å². The number of aryl methyl sites for hydroxylation is 1. The number of nitrogens with one attached hydrogen (secondary N) is 1. The van der Waals surface area contributed by atoms with Crippen molar-refractivity contribution >= 4 is 17.2 Å². The second-order valence-corrected chi connectivity index (χ2v) is 6.47. The second-order valence-electron chi connectivity index (χ2n) is 5.62. The number of hydrogen-bond acceptors (Lipinski definition) is 5. The number of ether oxygens (including phenoxy) is 1. The Morgan fingerprint density at radius 1 is 1.35 bits per heavy atom. The van der Waals surface area contributed by atoms with Gasteiger partial charge < -0.3 is 10.1 Å². The highest BCUT2D eigenvalue weighted by Gasteiger charge is 2.14. The van der Waals surface area contributed by atoms with Crippen LogP contribution in [0.25, 0.3) is 10.6 Å². The number of carbonyl (C=O) groups excluding carboxylic acids is 1. The van der Waals surface area contributed by atoms with Crippen molar-refractivity contribution in [2.24, 2.45) is 0 Å². The van der Waals surface area contributed by atoms with Gasteiger partial charge in [0.1, 0.15) is 5.01 Å². The summed E-state index contributed by atoms with van der Waals surface area (Å²) in [6.45, 7) is 6.01. The van der Waals surface area contributed by atoms with Crippen LogP contribution < -0.4 is 5.32 Å². The molecule has 0 unspecified atom stereocenters. The molecule has 122 valence electrons. The maximum atomic E-state index is 12.1. The summed E-state index contributed by atoms with van der Waals surface area (Å²) in [7, 11) is 0. The lowest BCUT2D eigenvalue weighted by Crippen LogP contribution is -2.43. The Hall–Kier alpha value is -1.76. The molecule has 1 aliphatic rings. The molecule has 23 heavy (non-hydrogen) atoms. The second kappa shape index (κ2) is 7.68. The maximum Gasteiger partial charge on any atom is 0.234 e. The molecule has 1 aliphatic heterocycles. The van der Waals surface area contributed by atoms with Crippen molar-refractivity contribution in [2.45, 2.75) is 13.5 Å². The summed E-state index contributed by atoms with van der Waals surface area (Å²) >= 11 is 1.63. The molecule has 0 spiro atoms. The number of aromatic nitrogens is 1. The third-order valence-electron chi connectivity index (χ3n) is 3.81. The number of morpholine rings is 1. The van der Waals surface area contributed by atoms with E-state index < -0.39 is 0 Å². The minimum absolute atomic E-state index is 0.0528. The molecule has 1 N–H and O–H groups in total. The highest BCUT2D eigenvalue weighted by molar-refractivity contribution is 7.13. The van der Waals surface area contributed by atoms with Crippen LogP contribution >= 0.6 is 11.3 Å². The van der Waals surface area contributed by atoms with E-state index in [4.69, 9.17) is 4.74 Å². The molecule has 5 nitrogen and oxygen atoms in total. The lowest BCUT2D eigenvalue weighted by molar-refractivity contribution is -0.123. The van der Waals surface area contributed by atoms with Crippen molar-refractivity contribution in [1.82, 2.24) is 15.2 Å². The van der Waals surface area contributed by atoms with Gasteiger partial charge in [-0.2, -0.15) is 0 Å². The van der Waals surface area contributed by atoms with Crippen LogP contribution in [0.4, 0.5) is 0 Å². The minimum atomic E-state index is 0.0528. The fourth-order valence-corrected chi connectivity index (χ4v) is 3.43. The van der Waals surface area contributed by atoms with Crippen molar-refractivity contribution in [3.63, 3.8) is 0 Å². The molecule has 2 heterocycles. The summed E-state index contributed by atoms with van der Waals surface area (Å²) in [5.41, 5.74) is 3.21. The van der Waals surface area contributed by atoms with E-state index in [1.165, 1.54) is 0 Å². The fourth-order valence-electron chi connectivity index (χ4n) is 2.57. The average Bonchev–Trinajstić information content (AvgIpc) is 3.00. The molecule has 1 amide bonds. The average molecular weight is 331 g/mol. The zero-order valence-corrected chi connectivity index (χ0v) is 14.1. The summed E-state index contributed by atoms with van der Waals surface area (Å²) in [4.78, 5) is 18.8. The largest absolute Gasteiger partial charge is 0.379 e. The highest BCUT2D eigenvalue weighted by Crippen LogP contribution is 2.26. The van der Waals surface area contributed by atoms with Crippen molar-refractivity contribution in [3.05, 3.63) is 40.9 Å². The summed E-state index contributed by atoms with van der Waals surface area (Å²) < 4.78 is 5.30. The van der Waals surface area contributed by atoms with Crippen molar-refractivity contribution in [2.75, 3.05) is 32.8 Å². The molecular formula is C17H21N3O2S. The number of nitrogens with zero attached hydrogens (tertiary/aromatic N) is 2. The molecule has 1 aromatic heterocycles. The van der Waals surface area contributed by atoms with Gasteiger partial charge in [0.05, 0.1) is 19.8 Å². The summed E-state index contributed by atoms with van der Waals surface area (Å²) in [6, 6.07) is 8.10. The molecule has 1 fully saturated rings. The van der Waals surface area contributed by atoms with Gasteiger partial charge in [-0.3, -0.25) is 9.69 Å². The highest BCUT2D eigenvalue weighted by atomic mass is 32.1. The number of rotatable bonds is 5. The van der Waals surface area contributed by atoms with Gasteiger partial charge in [0.2, 0.25) is 5.91 Å². The molecule has 6 heteroatoms. The van der Waals surface area contributed by atoms with Crippen LogP contribution in [-0.2, 0) is 16.1 Å². The van der Waals surface area contributed by atoms with E-state index in [9.17, 15) is 4.79 Å². The summed E-state index contributed by atoms with van der Waals surface area (Å²) in [6.07, 6.45) is 0. The Labute approximate surface area is 140 Å². The van der Waals surface area contributed by atoms with Gasteiger partial charge >= 0.3 is 0 Å². The summed E-state index contributed by atoms with van der Waals surface area (Å²) in [5, 5.41) is 6.06. The molecule has 1 saturated heterocycles. The van der Waals surface area contributed by atoms with E-state index in [2.05, 4.69) is 21.3 Å². The van der Waals surface area contributed by atoms with Gasteiger partial charge in [0.15, 0.2) is 0 Å². The van der Waals surface area contributed by atoms with E-state index in [1.54, 1.807) is 11.3 Å². The minimum Gasteiger partial charge on any atom is -0.379 e. The Morgan fingerprint density at radius 2 is 2.13 bits per heavy atom. The molecule has 1 aromatic carbocycles. The van der Waals surface area contributed by atoms with Crippen LogP contribution in [0.1, 0.15) is 11.3 Å². The standard InChI is InChI=1S/C17H21N3O2S/c1-13-12-23-17(19-13)15-5-3-2-4-14(15)10-18-16(21)11-20-6-8-22-9-7-20/h2-5,12H,6-11H2,1H3,(H,18,21). The number of amides is 1. The number of benzene rings is 1. The monoisotopic (exact) mass is 331 g/mol. The Kier molecular flexibility index (Phi) is 5.38. The smallest absolute Gasteiger partial charge is 0.234 e. The Balaban J connectivity index is 1.60. The SMILES string of the molecule is Cc1csc(-c2ccccc2CNC(=O)CN2CCOCC2)n1. The maximum absolute atomic E-state index is 12.1. The first kappa shape index (κ1) is 16.1. The summed E-state index contributed by atoms with van der Waals surface area (Å²) in [5.74, 6) is 0.0528. The predicted molar refractivity (Wildman–Crippen MR) is 91.4 cm³/mol. The number of hydrogen-bond donors (Lipinski definition) is 1. The Bertz CT molecular complexity index is 665. The quantitative estimate of drug-likeness (QED) is 0.911. The van der Waals surface area contributed by atoms with E-state index in [0.717, 1.165) is 34.9 Å². The lowest BCUT2D eigenvalue weighted by atomic mass is 10.1. The molecule has 2 aromatic rings. The van der Waals surface area contributed by atoms with Gasteiger partial charge in [0, 0.05) is 36.3 Å². The van der Waals surface area contributed by atoms with Gasteiger partial charge in [-0.1, -0.05) is 24.3 Å². The molecule has 0 atom stereocenters.